The van der Waals surface area contributed by atoms with Gasteiger partial charge in [0.25, 0.3) is 0 Å². The van der Waals surface area contributed by atoms with E-state index >= 15 is 0 Å². The molecule has 1 heterocycles. The van der Waals surface area contributed by atoms with Gasteiger partial charge in [-0.3, -0.25) is 0 Å². The van der Waals surface area contributed by atoms with Gasteiger partial charge in [-0.25, -0.2) is 9.18 Å². The van der Waals surface area contributed by atoms with Gasteiger partial charge in [0.05, 0.1) is 6.54 Å². The number of nitrogens with zero attached hydrogens (tertiary/aromatic N) is 2. The van der Waals surface area contributed by atoms with Crippen LogP contribution in [0, 0.1) is 5.82 Å². The molecule has 1 aromatic carbocycles. The van der Waals surface area contributed by atoms with E-state index in [2.05, 4.69) is 17.1 Å². The van der Waals surface area contributed by atoms with Crippen LogP contribution in [0.3, 0.4) is 0 Å². The van der Waals surface area contributed by atoms with E-state index in [-0.39, 0.29) is 11.8 Å². The minimum Gasteiger partial charge on any atom is -0.492 e. The Labute approximate surface area is 124 Å². The summed E-state index contributed by atoms with van der Waals surface area (Å²) < 4.78 is 18.3. The first-order chi connectivity index (χ1) is 10.2. The average Bonchev–Trinajstić information content (AvgIpc) is 2.51. The number of amides is 2. The first-order valence-corrected chi connectivity index (χ1v) is 7.32. The Morgan fingerprint density at radius 2 is 2.10 bits per heavy atom. The number of halogens is 1. The van der Waals surface area contributed by atoms with Crippen LogP contribution in [0.1, 0.15) is 6.92 Å². The molecule has 116 valence electrons. The lowest BCUT2D eigenvalue weighted by atomic mass is 10.3. The van der Waals surface area contributed by atoms with E-state index in [1.807, 2.05) is 4.90 Å². The van der Waals surface area contributed by atoms with E-state index < -0.39 is 0 Å². The molecule has 0 aliphatic carbocycles. The predicted octanol–water partition coefficient (Wildman–Crippen LogP) is 1.55. The van der Waals surface area contributed by atoms with Gasteiger partial charge in [0.15, 0.2) is 0 Å². The standard InChI is InChI=1S/C15H22FN3O2/c1-2-18-7-9-19(10-8-18)15(20)17-6-11-21-14-5-3-4-13(16)12-14/h3-5,12H,2,6-11H2,1H3,(H,17,20). The van der Waals surface area contributed by atoms with Crippen LogP contribution in [0.15, 0.2) is 24.3 Å². The first-order valence-electron chi connectivity index (χ1n) is 7.32. The second kappa shape index (κ2) is 7.83. The highest BCUT2D eigenvalue weighted by Gasteiger charge is 2.19. The van der Waals surface area contributed by atoms with E-state index in [0.717, 1.165) is 32.7 Å². The van der Waals surface area contributed by atoms with Crippen molar-refractivity contribution in [1.29, 1.82) is 0 Å². The minimum atomic E-state index is -0.328. The number of nitrogens with one attached hydrogen (secondary N) is 1. The fourth-order valence-electron chi connectivity index (χ4n) is 2.26. The molecule has 1 aliphatic heterocycles. The molecule has 1 fully saturated rings. The normalized spacial score (nSPS) is 15.8. The number of rotatable bonds is 5. The highest BCUT2D eigenvalue weighted by Crippen LogP contribution is 2.11. The van der Waals surface area contributed by atoms with E-state index in [4.69, 9.17) is 4.74 Å². The van der Waals surface area contributed by atoms with Gasteiger partial charge in [-0.2, -0.15) is 0 Å². The number of hydrogen-bond donors (Lipinski definition) is 1. The third-order valence-electron chi connectivity index (χ3n) is 3.55. The largest absolute Gasteiger partial charge is 0.492 e. The number of ether oxygens (including phenoxy) is 1. The predicted molar refractivity (Wildman–Crippen MR) is 79.0 cm³/mol. The van der Waals surface area contributed by atoms with Gasteiger partial charge < -0.3 is 19.9 Å². The highest BCUT2D eigenvalue weighted by atomic mass is 19.1. The maximum Gasteiger partial charge on any atom is 0.317 e. The molecule has 1 saturated heterocycles. The fraction of sp³-hybridized carbons (Fsp3) is 0.533. The lowest BCUT2D eigenvalue weighted by Crippen LogP contribution is -2.52. The molecule has 1 aromatic rings. The summed E-state index contributed by atoms with van der Waals surface area (Å²) in [4.78, 5) is 16.1. The summed E-state index contributed by atoms with van der Waals surface area (Å²) in [5.74, 6) is 0.145. The van der Waals surface area contributed by atoms with Crippen molar-refractivity contribution >= 4 is 6.03 Å². The SMILES string of the molecule is CCN1CCN(C(=O)NCCOc2cccc(F)c2)CC1. The van der Waals surface area contributed by atoms with Crippen LogP contribution in [0.5, 0.6) is 5.75 Å². The van der Waals surface area contributed by atoms with Crippen molar-refractivity contribution in [2.75, 3.05) is 45.9 Å². The van der Waals surface area contributed by atoms with Crippen molar-refractivity contribution < 1.29 is 13.9 Å². The zero-order valence-corrected chi connectivity index (χ0v) is 12.3. The maximum absolute atomic E-state index is 12.9. The number of carbonyl (C=O) groups is 1. The Hall–Kier alpha value is -1.82. The van der Waals surface area contributed by atoms with Crippen molar-refractivity contribution in [2.24, 2.45) is 0 Å². The van der Waals surface area contributed by atoms with E-state index in [1.165, 1.54) is 12.1 Å². The Kier molecular flexibility index (Phi) is 5.80. The molecule has 1 N–H and O–H groups in total. The summed E-state index contributed by atoms with van der Waals surface area (Å²) in [6.45, 7) is 7.23. The molecule has 2 amide bonds. The van der Waals surface area contributed by atoms with Crippen LogP contribution in [0.25, 0.3) is 0 Å². The van der Waals surface area contributed by atoms with Crippen molar-refractivity contribution in [1.82, 2.24) is 15.1 Å². The molecule has 21 heavy (non-hydrogen) atoms. The van der Waals surface area contributed by atoms with Gasteiger partial charge in [0.2, 0.25) is 0 Å². The number of likely N-dealkylation sites (N-methyl/N-ethyl adjacent to an activating group) is 1. The summed E-state index contributed by atoms with van der Waals surface area (Å²) >= 11 is 0. The van der Waals surface area contributed by atoms with Crippen LogP contribution in [0.2, 0.25) is 0 Å². The summed E-state index contributed by atoms with van der Waals surface area (Å²) in [7, 11) is 0. The van der Waals surface area contributed by atoms with Gasteiger partial charge >= 0.3 is 6.03 Å². The lowest BCUT2D eigenvalue weighted by Gasteiger charge is -2.33. The Balaban J connectivity index is 1.63. The number of hydrogen-bond acceptors (Lipinski definition) is 3. The molecular formula is C15H22FN3O2. The smallest absolute Gasteiger partial charge is 0.317 e. The molecule has 0 unspecified atom stereocenters. The molecule has 0 saturated carbocycles. The summed E-state index contributed by atoms with van der Waals surface area (Å²) in [6, 6.07) is 5.91. The van der Waals surface area contributed by atoms with Gasteiger partial charge in [0, 0.05) is 32.2 Å². The van der Waals surface area contributed by atoms with Crippen molar-refractivity contribution in [3.8, 4) is 5.75 Å². The number of piperazine rings is 1. The molecule has 1 aliphatic rings. The highest BCUT2D eigenvalue weighted by molar-refractivity contribution is 5.74. The number of benzene rings is 1. The van der Waals surface area contributed by atoms with Crippen molar-refractivity contribution in [3.05, 3.63) is 30.1 Å². The molecular weight excluding hydrogens is 273 g/mol. The second-order valence-corrected chi connectivity index (χ2v) is 4.96. The minimum absolute atomic E-state index is 0.0615. The molecule has 0 radical (unpaired) electrons. The second-order valence-electron chi connectivity index (χ2n) is 4.96. The summed E-state index contributed by atoms with van der Waals surface area (Å²) in [5, 5.41) is 2.82. The molecule has 0 bridgehead atoms. The topological polar surface area (TPSA) is 44.8 Å². The van der Waals surface area contributed by atoms with Crippen LogP contribution in [0.4, 0.5) is 9.18 Å². The van der Waals surface area contributed by atoms with E-state index in [1.54, 1.807) is 12.1 Å². The first kappa shape index (κ1) is 15.6. The molecule has 2 rings (SSSR count). The van der Waals surface area contributed by atoms with Gasteiger partial charge in [-0.15, -0.1) is 0 Å². The van der Waals surface area contributed by atoms with Crippen molar-refractivity contribution in [3.63, 3.8) is 0 Å². The average molecular weight is 295 g/mol. The summed E-state index contributed by atoms with van der Waals surface area (Å²) in [6.07, 6.45) is 0. The molecule has 0 atom stereocenters. The molecule has 0 spiro atoms. The van der Waals surface area contributed by atoms with Crippen LogP contribution in [-0.4, -0.2) is 61.7 Å². The Morgan fingerprint density at radius 1 is 1.33 bits per heavy atom. The maximum atomic E-state index is 12.9. The number of urea groups is 1. The monoisotopic (exact) mass is 295 g/mol. The Morgan fingerprint density at radius 3 is 2.76 bits per heavy atom. The lowest BCUT2D eigenvalue weighted by molar-refractivity contribution is 0.142. The van der Waals surface area contributed by atoms with E-state index in [9.17, 15) is 9.18 Å². The van der Waals surface area contributed by atoms with Crippen LogP contribution >= 0.6 is 0 Å². The fourth-order valence-corrected chi connectivity index (χ4v) is 2.26. The van der Waals surface area contributed by atoms with Gasteiger partial charge in [0.1, 0.15) is 18.2 Å². The summed E-state index contributed by atoms with van der Waals surface area (Å²) in [5.41, 5.74) is 0. The van der Waals surface area contributed by atoms with Crippen molar-refractivity contribution in [2.45, 2.75) is 6.92 Å². The van der Waals surface area contributed by atoms with Gasteiger partial charge in [-0.05, 0) is 18.7 Å². The third kappa shape index (κ3) is 4.90. The zero-order valence-electron chi connectivity index (χ0n) is 12.3. The van der Waals surface area contributed by atoms with E-state index in [0.29, 0.717) is 18.9 Å². The molecule has 5 nitrogen and oxygen atoms in total. The van der Waals surface area contributed by atoms with Crippen LogP contribution < -0.4 is 10.1 Å². The number of carbonyl (C=O) groups excluding carboxylic acids is 1. The van der Waals surface area contributed by atoms with Gasteiger partial charge in [-0.1, -0.05) is 13.0 Å². The molecule has 0 aromatic heterocycles. The molecule has 6 heteroatoms. The van der Waals surface area contributed by atoms with Crippen LogP contribution in [-0.2, 0) is 0 Å². The zero-order chi connectivity index (χ0) is 15.1. The Bertz CT molecular complexity index is 462. The third-order valence-corrected chi connectivity index (χ3v) is 3.55. The quantitative estimate of drug-likeness (QED) is 0.838.